The molecule has 1 atom stereocenters. The van der Waals surface area contributed by atoms with Crippen LogP contribution in [0.1, 0.15) is 36.7 Å². The number of nitrogens with one attached hydrogen (secondary N) is 4. The third-order valence-electron chi connectivity index (χ3n) is 6.42. The Bertz CT molecular complexity index is 1640. The third-order valence-corrected chi connectivity index (χ3v) is 6.42. The van der Waals surface area contributed by atoms with Gasteiger partial charge in [-0.1, -0.05) is 6.08 Å². The summed E-state index contributed by atoms with van der Waals surface area (Å²) in [6.45, 7) is 4.21. The van der Waals surface area contributed by atoms with Gasteiger partial charge in [0.25, 0.3) is 0 Å². The zero-order chi connectivity index (χ0) is 23.5. The molecule has 8 nitrogen and oxygen atoms in total. The Morgan fingerprint density at radius 3 is 2.86 bits per heavy atom. The van der Waals surface area contributed by atoms with E-state index < -0.39 is 0 Å². The second-order valence-electron chi connectivity index (χ2n) is 9.25. The van der Waals surface area contributed by atoms with Gasteiger partial charge in [-0.2, -0.15) is 5.10 Å². The minimum Gasteiger partial charge on any atom is -0.472 e. The molecule has 1 aliphatic heterocycles. The molecular weight excluding hydrogens is 438 g/mol. The molecule has 0 bridgehead atoms. The monoisotopic (exact) mass is 461 g/mol. The summed E-state index contributed by atoms with van der Waals surface area (Å²) in [5.74, 6) is 0. The van der Waals surface area contributed by atoms with E-state index in [1.54, 1.807) is 12.5 Å². The maximum atomic E-state index is 5.36. The fraction of sp³-hybridized carbons (Fsp3) is 0.148. The van der Waals surface area contributed by atoms with Crippen LogP contribution in [-0.2, 0) is 0 Å². The van der Waals surface area contributed by atoms with Crippen LogP contribution in [-0.4, -0.2) is 31.2 Å². The Morgan fingerprint density at radius 2 is 2.00 bits per heavy atom. The molecule has 8 heteroatoms. The van der Waals surface area contributed by atoms with Gasteiger partial charge >= 0.3 is 0 Å². The fourth-order valence-electron chi connectivity index (χ4n) is 4.75. The molecule has 172 valence electrons. The number of fused-ring (bicyclic) bond motifs is 4. The van der Waals surface area contributed by atoms with Gasteiger partial charge in [0.1, 0.15) is 11.7 Å². The number of pyridine rings is 2. The lowest BCUT2D eigenvalue weighted by Gasteiger charge is -2.10. The van der Waals surface area contributed by atoms with E-state index in [0.29, 0.717) is 6.04 Å². The van der Waals surface area contributed by atoms with Crippen LogP contribution in [0.2, 0.25) is 0 Å². The van der Waals surface area contributed by atoms with Crippen molar-refractivity contribution in [1.29, 1.82) is 0 Å². The molecular formula is C27H23N7O. The quantitative estimate of drug-likeness (QED) is 0.260. The largest absolute Gasteiger partial charge is 0.472 e. The summed E-state index contributed by atoms with van der Waals surface area (Å²) in [7, 11) is 0. The molecule has 0 aromatic carbocycles. The molecule has 35 heavy (non-hydrogen) atoms. The highest BCUT2D eigenvalue weighted by atomic mass is 16.3. The predicted octanol–water partition coefficient (Wildman–Crippen LogP) is 5.40. The number of aromatic amines is 2. The van der Waals surface area contributed by atoms with Gasteiger partial charge in [-0.15, -0.1) is 0 Å². The highest BCUT2D eigenvalue weighted by molar-refractivity contribution is 5.95. The molecule has 7 rings (SSSR count). The summed E-state index contributed by atoms with van der Waals surface area (Å²) in [6.07, 6.45) is 13.3. The lowest BCUT2D eigenvalue weighted by Crippen LogP contribution is -2.09. The minimum atomic E-state index is 0.198. The van der Waals surface area contributed by atoms with Crippen molar-refractivity contribution < 1.29 is 4.42 Å². The Morgan fingerprint density at radius 1 is 1.06 bits per heavy atom. The first-order valence-electron chi connectivity index (χ1n) is 11.6. The number of rotatable bonds is 5. The van der Waals surface area contributed by atoms with Crippen LogP contribution in [0.4, 0.5) is 5.69 Å². The van der Waals surface area contributed by atoms with E-state index in [-0.39, 0.29) is 6.04 Å². The molecule has 0 saturated carbocycles. The van der Waals surface area contributed by atoms with Crippen LogP contribution in [0.5, 0.6) is 0 Å². The lowest BCUT2D eigenvalue weighted by molar-refractivity contribution is 0.566. The van der Waals surface area contributed by atoms with Crippen molar-refractivity contribution in [3.8, 4) is 22.6 Å². The van der Waals surface area contributed by atoms with Crippen LogP contribution in [0.25, 0.3) is 39.1 Å². The summed E-state index contributed by atoms with van der Waals surface area (Å²) >= 11 is 0. The van der Waals surface area contributed by atoms with E-state index in [1.807, 2.05) is 24.7 Å². The molecule has 5 aromatic rings. The minimum absolute atomic E-state index is 0.198. The summed E-state index contributed by atoms with van der Waals surface area (Å²) in [4.78, 5) is 12.7. The van der Waals surface area contributed by atoms with Gasteiger partial charge in [-0.3, -0.25) is 15.1 Å². The van der Waals surface area contributed by atoms with Crippen LogP contribution < -0.4 is 10.6 Å². The maximum absolute atomic E-state index is 5.36. The zero-order valence-corrected chi connectivity index (χ0v) is 19.3. The SMILES string of the molecule is CC(C)Nc1cncc(-c2cc3c(-c4cc5c([nH]4)C4NC4=CC=C5c4ccoc4)n[nH]c3cn2)c1. The van der Waals surface area contributed by atoms with Crippen molar-refractivity contribution in [2.45, 2.75) is 25.9 Å². The van der Waals surface area contributed by atoms with Gasteiger partial charge in [-0.25, -0.2) is 0 Å². The molecule has 2 aliphatic rings. The van der Waals surface area contributed by atoms with Crippen LogP contribution in [0.15, 0.2) is 77.6 Å². The number of H-pyrrole nitrogens is 2. The number of allylic oxidation sites excluding steroid dienone is 2. The first kappa shape index (κ1) is 19.8. The van der Waals surface area contributed by atoms with Crippen LogP contribution >= 0.6 is 0 Å². The van der Waals surface area contributed by atoms with Crippen molar-refractivity contribution in [2.24, 2.45) is 0 Å². The second kappa shape index (κ2) is 7.46. The first-order valence-corrected chi connectivity index (χ1v) is 11.6. The van der Waals surface area contributed by atoms with Crippen molar-refractivity contribution >= 4 is 22.2 Å². The van der Waals surface area contributed by atoms with E-state index in [1.165, 1.54) is 5.70 Å². The van der Waals surface area contributed by atoms with Crippen molar-refractivity contribution in [3.63, 3.8) is 0 Å². The second-order valence-corrected chi connectivity index (χ2v) is 9.25. The first-order chi connectivity index (χ1) is 17.1. The van der Waals surface area contributed by atoms with Crippen molar-refractivity contribution in [1.82, 2.24) is 30.5 Å². The summed E-state index contributed by atoms with van der Waals surface area (Å²) in [6, 6.07) is 8.84. The molecule has 1 saturated heterocycles. The van der Waals surface area contributed by atoms with Crippen molar-refractivity contribution in [3.05, 3.63) is 90.1 Å². The molecule has 0 amide bonds. The molecule has 4 N–H and O–H groups in total. The lowest BCUT2D eigenvalue weighted by atomic mass is 9.99. The number of nitrogens with zero attached hydrogens (tertiary/aromatic N) is 3. The Labute approximate surface area is 201 Å². The Kier molecular flexibility index (Phi) is 4.23. The molecule has 1 unspecified atom stereocenters. The van der Waals surface area contributed by atoms with Gasteiger partial charge in [0.15, 0.2) is 0 Å². The van der Waals surface area contributed by atoms with Crippen LogP contribution in [0, 0.1) is 0 Å². The fourth-order valence-corrected chi connectivity index (χ4v) is 4.75. The number of hydrogen-bond donors (Lipinski definition) is 4. The molecule has 6 heterocycles. The van der Waals surface area contributed by atoms with E-state index in [2.05, 4.69) is 80.0 Å². The van der Waals surface area contributed by atoms with Gasteiger partial charge in [0, 0.05) is 46.2 Å². The van der Waals surface area contributed by atoms with E-state index in [4.69, 9.17) is 4.42 Å². The third kappa shape index (κ3) is 3.33. The summed E-state index contributed by atoms with van der Waals surface area (Å²) in [5.41, 5.74) is 11.1. The Balaban J connectivity index is 1.32. The maximum Gasteiger partial charge on any atom is 0.116 e. The zero-order valence-electron chi connectivity index (χ0n) is 19.3. The summed E-state index contributed by atoms with van der Waals surface area (Å²) < 4.78 is 5.36. The normalized spacial score (nSPS) is 16.3. The molecule has 1 aliphatic carbocycles. The van der Waals surface area contributed by atoms with Gasteiger partial charge in [-0.05, 0) is 49.8 Å². The number of hydrogen-bond acceptors (Lipinski definition) is 6. The average molecular weight is 462 g/mol. The van der Waals surface area contributed by atoms with Gasteiger partial charge in [0.2, 0.25) is 0 Å². The smallest absolute Gasteiger partial charge is 0.116 e. The van der Waals surface area contributed by atoms with Gasteiger partial charge in [0.05, 0.1) is 47.0 Å². The van der Waals surface area contributed by atoms with Crippen molar-refractivity contribution in [2.75, 3.05) is 5.32 Å². The van der Waals surface area contributed by atoms with Crippen LogP contribution in [0.3, 0.4) is 0 Å². The summed E-state index contributed by atoms with van der Waals surface area (Å²) in [5, 5.41) is 15.6. The number of furan rings is 1. The number of anilines is 1. The standard InChI is InChI=1S/C27H23N7O/c1-14(2)30-17-7-16(10-28-11-17)22-9-20-24(12-29-22)33-34-25(20)23-8-19-18(15-5-6-35-13-15)3-4-21-27(31-21)26(19)32-23/h3-14,27,30-32H,1-2H3,(H,33,34). The molecule has 0 spiro atoms. The predicted molar refractivity (Wildman–Crippen MR) is 135 cm³/mol. The highest BCUT2D eigenvalue weighted by Crippen LogP contribution is 2.44. The number of aromatic nitrogens is 5. The topological polar surface area (TPSA) is 117 Å². The van der Waals surface area contributed by atoms with Gasteiger partial charge < -0.3 is 20.0 Å². The molecule has 5 aromatic heterocycles. The highest BCUT2D eigenvalue weighted by Gasteiger charge is 2.36. The van der Waals surface area contributed by atoms with E-state index in [9.17, 15) is 0 Å². The van der Waals surface area contributed by atoms with E-state index >= 15 is 0 Å². The molecule has 0 radical (unpaired) electrons. The Hall–Kier alpha value is -4.59. The van der Waals surface area contributed by atoms with E-state index in [0.717, 1.165) is 61.6 Å². The average Bonchev–Trinajstić information content (AvgIpc) is 3.21. The molecule has 1 fully saturated rings.